The van der Waals surface area contributed by atoms with Crippen molar-refractivity contribution in [3.63, 3.8) is 0 Å². The van der Waals surface area contributed by atoms with Crippen molar-refractivity contribution in [3.8, 4) is 0 Å². The van der Waals surface area contributed by atoms with Gasteiger partial charge in [-0.3, -0.25) is 4.79 Å². The van der Waals surface area contributed by atoms with Crippen LogP contribution < -0.4 is 0 Å². The van der Waals surface area contributed by atoms with Crippen molar-refractivity contribution >= 4 is 28.5 Å². The number of aryl methyl sites for hydroxylation is 2. The molecule has 4 aromatic rings. The number of carbonyl (C=O) groups excluding carboxylic acids is 1. The summed E-state index contributed by atoms with van der Waals surface area (Å²) in [5.74, 6) is -0.0303. The Morgan fingerprint density at radius 1 is 1.00 bits per heavy atom. The summed E-state index contributed by atoms with van der Waals surface area (Å²) in [5, 5.41) is 4.58. The normalized spacial score (nSPS) is 11.8. The molecule has 0 fully saturated rings. The number of benzene rings is 2. The number of fused-ring (bicyclic) bond motifs is 3. The van der Waals surface area contributed by atoms with Crippen molar-refractivity contribution in [3.05, 3.63) is 77.5 Å². The number of allylic oxidation sites excluding steroid dienone is 1. The maximum Gasteiger partial charge on any atom is 0.191 e. The second kappa shape index (κ2) is 5.49. The van der Waals surface area contributed by atoms with Gasteiger partial charge >= 0.3 is 0 Å². The van der Waals surface area contributed by atoms with Gasteiger partial charge in [0.1, 0.15) is 5.65 Å². The Bertz CT molecular complexity index is 1080. The average molecular weight is 315 g/mol. The minimum Gasteiger partial charge on any atom is -0.327 e. The van der Waals surface area contributed by atoms with Crippen molar-refractivity contribution in [2.45, 2.75) is 6.92 Å². The van der Waals surface area contributed by atoms with Gasteiger partial charge in [0.25, 0.3) is 0 Å². The Kier molecular flexibility index (Phi) is 3.31. The summed E-state index contributed by atoms with van der Waals surface area (Å²) in [6, 6.07) is 17.8. The highest BCUT2D eigenvalue weighted by molar-refractivity contribution is 6.12. The molecule has 0 atom stereocenters. The Balaban J connectivity index is 1.86. The Hall–Kier alpha value is -3.14. The highest BCUT2D eigenvalue weighted by atomic mass is 16.1. The van der Waals surface area contributed by atoms with Gasteiger partial charge < -0.3 is 4.57 Å². The Morgan fingerprint density at radius 2 is 1.67 bits per heavy atom. The van der Waals surface area contributed by atoms with E-state index in [-0.39, 0.29) is 5.78 Å². The van der Waals surface area contributed by atoms with Gasteiger partial charge in [-0.05, 0) is 30.7 Å². The summed E-state index contributed by atoms with van der Waals surface area (Å²) in [6.07, 6.45) is 3.46. The number of hydrogen-bond acceptors (Lipinski definition) is 2. The third kappa shape index (κ3) is 2.15. The molecule has 0 aliphatic carbocycles. The molecule has 118 valence electrons. The minimum atomic E-state index is -0.0303. The van der Waals surface area contributed by atoms with Crippen LogP contribution in [0.15, 0.2) is 60.7 Å². The summed E-state index contributed by atoms with van der Waals surface area (Å²) in [5.41, 5.74) is 5.29. The van der Waals surface area contributed by atoms with Gasteiger partial charge in [-0.2, -0.15) is 5.10 Å². The number of aromatic nitrogens is 3. The molecule has 0 radical (unpaired) electrons. The molecule has 4 rings (SSSR count). The Labute approximate surface area is 139 Å². The van der Waals surface area contributed by atoms with E-state index in [2.05, 4.69) is 5.10 Å². The largest absolute Gasteiger partial charge is 0.327 e. The lowest BCUT2D eigenvalue weighted by Crippen LogP contribution is -1.99. The zero-order valence-corrected chi connectivity index (χ0v) is 13.6. The van der Waals surface area contributed by atoms with Gasteiger partial charge in [0, 0.05) is 7.05 Å². The molecular formula is C20H17N3O. The summed E-state index contributed by atoms with van der Waals surface area (Å²) >= 11 is 0. The third-order valence-electron chi connectivity index (χ3n) is 4.30. The van der Waals surface area contributed by atoms with Crippen LogP contribution >= 0.6 is 0 Å². The van der Waals surface area contributed by atoms with Crippen molar-refractivity contribution < 1.29 is 4.79 Å². The number of para-hydroxylation sites is 2. The monoisotopic (exact) mass is 315 g/mol. The van der Waals surface area contributed by atoms with E-state index < -0.39 is 0 Å². The van der Waals surface area contributed by atoms with Crippen LogP contribution in [0.4, 0.5) is 0 Å². The maximum atomic E-state index is 12.8. The molecule has 0 spiro atoms. The third-order valence-corrected chi connectivity index (χ3v) is 4.30. The first-order valence-electron chi connectivity index (χ1n) is 7.87. The summed E-state index contributed by atoms with van der Waals surface area (Å²) < 4.78 is 3.88. The Morgan fingerprint density at radius 3 is 2.42 bits per heavy atom. The number of hydrogen-bond donors (Lipinski definition) is 0. The minimum absolute atomic E-state index is 0.0303. The fraction of sp³-hybridized carbons (Fsp3) is 0.100. The first kappa shape index (κ1) is 14.5. The molecule has 0 bridgehead atoms. The highest BCUT2D eigenvalue weighted by Gasteiger charge is 2.20. The summed E-state index contributed by atoms with van der Waals surface area (Å²) in [6.45, 7) is 1.88. The van der Waals surface area contributed by atoms with E-state index in [0.717, 1.165) is 27.9 Å². The molecule has 0 N–H and O–H groups in total. The van der Waals surface area contributed by atoms with E-state index in [0.29, 0.717) is 5.56 Å². The van der Waals surface area contributed by atoms with Gasteiger partial charge in [0.05, 0.1) is 22.3 Å². The zero-order chi connectivity index (χ0) is 16.7. The van der Waals surface area contributed by atoms with Crippen LogP contribution in [0.5, 0.6) is 0 Å². The number of carbonyl (C=O) groups is 1. The first-order chi connectivity index (χ1) is 11.7. The highest BCUT2D eigenvalue weighted by Crippen LogP contribution is 2.25. The standard InChI is InChI=1S/C20H17N3O/c1-14-19(18(24)13-12-15-8-4-3-5-9-15)20-22(2)16-10-6-7-11-17(16)23(20)21-14/h3-13H,1-2H3/b13-12+. The van der Waals surface area contributed by atoms with Crippen LogP contribution in [0.3, 0.4) is 0 Å². The van der Waals surface area contributed by atoms with E-state index in [9.17, 15) is 4.79 Å². The number of ketones is 1. The zero-order valence-electron chi connectivity index (χ0n) is 13.6. The van der Waals surface area contributed by atoms with E-state index >= 15 is 0 Å². The molecule has 2 heterocycles. The van der Waals surface area contributed by atoms with E-state index in [1.54, 1.807) is 6.08 Å². The molecule has 0 amide bonds. The molecular weight excluding hydrogens is 298 g/mol. The van der Waals surface area contributed by atoms with Gasteiger partial charge in [-0.15, -0.1) is 0 Å². The van der Waals surface area contributed by atoms with Gasteiger partial charge in [0.2, 0.25) is 0 Å². The van der Waals surface area contributed by atoms with Crippen molar-refractivity contribution in [2.24, 2.45) is 7.05 Å². The summed E-state index contributed by atoms with van der Waals surface area (Å²) in [4.78, 5) is 12.8. The molecule has 2 aromatic heterocycles. The second-order valence-corrected chi connectivity index (χ2v) is 5.85. The fourth-order valence-electron chi connectivity index (χ4n) is 3.14. The molecule has 0 aliphatic rings. The van der Waals surface area contributed by atoms with Crippen LogP contribution in [0.2, 0.25) is 0 Å². The lowest BCUT2D eigenvalue weighted by atomic mass is 10.1. The number of imidazole rings is 1. The van der Waals surface area contributed by atoms with Crippen molar-refractivity contribution in [2.75, 3.05) is 0 Å². The summed E-state index contributed by atoms with van der Waals surface area (Å²) in [7, 11) is 1.97. The lowest BCUT2D eigenvalue weighted by molar-refractivity contribution is 0.104. The smallest absolute Gasteiger partial charge is 0.191 e. The lowest BCUT2D eigenvalue weighted by Gasteiger charge is -1.99. The quantitative estimate of drug-likeness (QED) is 0.423. The number of nitrogens with zero attached hydrogens (tertiary/aromatic N) is 3. The van der Waals surface area contributed by atoms with Crippen LogP contribution in [0, 0.1) is 6.92 Å². The van der Waals surface area contributed by atoms with E-state index in [1.807, 2.05) is 83.7 Å². The SMILES string of the molecule is Cc1nn2c3ccccc3n(C)c2c1C(=O)/C=C/c1ccccc1. The average Bonchev–Trinajstić information content (AvgIpc) is 3.09. The molecule has 24 heavy (non-hydrogen) atoms. The van der Waals surface area contributed by atoms with Crippen LogP contribution in [-0.2, 0) is 7.05 Å². The van der Waals surface area contributed by atoms with Crippen LogP contribution in [-0.4, -0.2) is 20.0 Å². The van der Waals surface area contributed by atoms with E-state index in [4.69, 9.17) is 0 Å². The van der Waals surface area contributed by atoms with Gasteiger partial charge in [-0.25, -0.2) is 4.52 Å². The van der Waals surface area contributed by atoms with Gasteiger partial charge in [-0.1, -0.05) is 48.5 Å². The molecule has 4 heteroatoms. The molecule has 0 aliphatic heterocycles. The van der Waals surface area contributed by atoms with Crippen LogP contribution in [0.25, 0.3) is 22.8 Å². The van der Waals surface area contributed by atoms with Crippen LogP contribution in [0.1, 0.15) is 21.6 Å². The first-order valence-corrected chi connectivity index (χ1v) is 7.87. The molecule has 2 aromatic carbocycles. The molecule has 0 saturated carbocycles. The topological polar surface area (TPSA) is 39.3 Å². The predicted octanol–water partition coefficient (Wildman–Crippen LogP) is 4.03. The number of rotatable bonds is 3. The van der Waals surface area contributed by atoms with Gasteiger partial charge in [0.15, 0.2) is 5.78 Å². The van der Waals surface area contributed by atoms with Crippen molar-refractivity contribution in [1.29, 1.82) is 0 Å². The molecule has 4 nitrogen and oxygen atoms in total. The molecule has 0 saturated heterocycles. The fourth-order valence-corrected chi connectivity index (χ4v) is 3.14. The predicted molar refractivity (Wildman–Crippen MR) is 96.2 cm³/mol. The second-order valence-electron chi connectivity index (χ2n) is 5.85. The molecule has 0 unspecified atom stereocenters. The van der Waals surface area contributed by atoms with Crippen molar-refractivity contribution in [1.82, 2.24) is 14.2 Å². The maximum absolute atomic E-state index is 12.8. The van der Waals surface area contributed by atoms with E-state index in [1.165, 1.54) is 0 Å².